The van der Waals surface area contributed by atoms with Gasteiger partial charge in [0, 0.05) is 25.3 Å². The Balaban J connectivity index is 1.86. The highest BCUT2D eigenvalue weighted by molar-refractivity contribution is 7.53. The van der Waals surface area contributed by atoms with Gasteiger partial charge in [0.05, 0.1) is 12.3 Å². The first-order valence-corrected chi connectivity index (χ1v) is 20.5. The lowest BCUT2D eigenvalue weighted by atomic mass is 9.84. The van der Waals surface area contributed by atoms with Crippen molar-refractivity contribution in [3.05, 3.63) is 107 Å². The molecule has 0 heterocycles. The zero-order valence-corrected chi connectivity index (χ0v) is 31.1. The van der Waals surface area contributed by atoms with Gasteiger partial charge in [0.1, 0.15) is 11.5 Å². The van der Waals surface area contributed by atoms with Crippen molar-refractivity contribution in [1.82, 2.24) is 0 Å². The minimum Gasteiger partial charge on any atom is -0.438 e. The van der Waals surface area contributed by atoms with Crippen LogP contribution in [0, 0.1) is 0 Å². The number of allylic oxidation sites excluding steroid dienone is 2. The summed E-state index contributed by atoms with van der Waals surface area (Å²) in [4.78, 5) is 23.2. The van der Waals surface area contributed by atoms with E-state index < -0.39 is 40.7 Å². The summed E-state index contributed by atoms with van der Waals surface area (Å²) in [6, 6.07) is 22.0. The van der Waals surface area contributed by atoms with E-state index in [0.29, 0.717) is 23.1 Å². The van der Waals surface area contributed by atoms with Crippen LogP contribution in [-0.2, 0) is 56.0 Å². The molecule has 3 atom stereocenters. The Hall–Kier alpha value is -3.68. The molecule has 0 saturated carbocycles. The second kappa shape index (κ2) is 19.1. The van der Waals surface area contributed by atoms with Crippen LogP contribution in [0.3, 0.4) is 0 Å². The van der Waals surface area contributed by atoms with E-state index in [1.54, 1.807) is 0 Å². The summed E-state index contributed by atoms with van der Waals surface area (Å²) in [6.07, 6.45) is 7.98. The first-order chi connectivity index (χ1) is 24.0. The smallest absolute Gasteiger partial charge is 0.386 e. The molecule has 270 valence electrons. The molecule has 0 N–H and O–H groups in total. The second-order valence-electron chi connectivity index (χ2n) is 12.4. The predicted octanol–water partition coefficient (Wildman–Crippen LogP) is 10.3. The molecule has 0 aromatic heterocycles. The number of unbranched alkanes of at least 4 members (excludes halogenated alkanes) is 2. The van der Waals surface area contributed by atoms with Gasteiger partial charge in [0.25, 0.3) is 0 Å². The van der Waals surface area contributed by atoms with Crippen LogP contribution in [0.25, 0.3) is 0 Å². The number of benzene rings is 3. The lowest BCUT2D eigenvalue weighted by molar-refractivity contribution is -0.148. The van der Waals surface area contributed by atoms with Crippen LogP contribution < -0.4 is 9.05 Å². The molecule has 0 bridgehead atoms. The summed E-state index contributed by atoms with van der Waals surface area (Å²) in [5.74, 6) is -0.889. The SMILES string of the molecule is CCCCCc1cc(OP(=O)(Cc2ccccc2)OCOC(C)=O)c(C2C=C(C)CCC2)c(OP(=O)(Cc2ccccc2)OCOC(C)=O)c1. The zero-order valence-electron chi connectivity index (χ0n) is 29.3. The maximum atomic E-state index is 14.6. The Bertz CT molecular complexity index is 1590. The van der Waals surface area contributed by atoms with E-state index in [1.807, 2.05) is 72.8 Å². The molecule has 0 amide bonds. The fourth-order valence-electron chi connectivity index (χ4n) is 5.74. The van der Waals surface area contributed by atoms with Crippen LogP contribution in [0.5, 0.6) is 11.5 Å². The number of ether oxygens (including phenoxy) is 2. The van der Waals surface area contributed by atoms with Gasteiger partial charge in [-0.15, -0.1) is 0 Å². The number of esters is 2. The number of hydrogen-bond acceptors (Lipinski definition) is 10. The fourth-order valence-corrected chi connectivity index (χ4v) is 8.80. The molecule has 0 spiro atoms. The number of hydrogen-bond donors (Lipinski definition) is 0. The van der Waals surface area contributed by atoms with Crippen LogP contribution in [0.2, 0.25) is 0 Å². The Labute approximate surface area is 295 Å². The molecule has 0 aliphatic heterocycles. The fraction of sp³-hybridized carbons (Fsp3) is 0.421. The molecule has 4 rings (SSSR count). The van der Waals surface area contributed by atoms with E-state index in [0.717, 1.165) is 44.1 Å². The van der Waals surface area contributed by atoms with Crippen LogP contribution >= 0.6 is 15.2 Å². The van der Waals surface area contributed by atoms with E-state index in [4.69, 9.17) is 27.6 Å². The Kier molecular flexibility index (Phi) is 14.9. The third kappa shape index (κ3) is 12.6. The van der Waals surface area contributed by atoms with Crippen molar-refractivity contribution in [1.29, 1.82) is 0 Å². The van der Waals surface area contributed by atoms with Crippen LogP contribution in [0.4, 0.5) is 0 Å². The third-order valence-corrected chi connectivity index (χ3v) is 11.6. The molecule has 1 aliphatic rings. The first-order valence-electron chi connectivity index (χ1n) is 17.0. The summed E-state index contributed by atoms with van der Waals surface area (Å²) in [7, 11) is -8.06. The summed E-state index contributed by atoms with van der Waals surface area (Å²) in [5, 5.41) is 0. The minimum atomic E-state index is -4.03. The van der Waals surface area contributed by atoms with Gasteiger partial charge in [-0.2, -0.15) is 0 Å². The normalized spacial score (nSPS) is 16.7. The van der Waals surface area contributed by atoms with E-state index in [9.17, 15) is 18.7 Å². The van der Waals surface area contributed by atoms with Crippen molar-refractivity contribution in [3.8, 4) is 11.5 Å². The summed E-state index contributed by atoms with van der Waals surface area (Å²) < 4.78 is 63.8. The molecule has 3 unspecified atom stereocenters. The number of carbonyl (C=O) groups is 2. The van der Waals surface area contributed by atoms with Crippen molar-refractivity contribution in [2.45, 2.75) is 90.9 Å². The van der Waals surface area contributed by atoms with E-state index in [-0.39, 0.29) is 29.7 Å². The molecular formula is C38H48O10P2. The molecule has 3 aromatic carbocycles. The van der Waals surface area contributed by atoms with E-state index >= 15 is 0 Å². The van der Waals surface area contributed by atoms with E-state index in [1.165, 1.54) is 19.4 Å². The third-order valence-electron chi connectivity index (χ3n) is 8.11. The molecular weight excluding hydrogens is 678 g/mol. The average molecular weight is 727 g/mol. The summed E-state index contributed by atoms with van der Waals surface area (Å²) >= 11 is 0. The first kappa shape index (κ1) is 39.1. The van der Waals surface area contributed by atoms with Gasteiger partial charge in [0.15, 0.2) is 0 Å². The summed E-state index contributed by atoms with van der Waals surface area (Å²) in [6.45, 7) is 5.52. The Morgan fingerprint density at radius 3 is 1.68 bits per heavy atom. The molecule has 50 heavy (non-hydrogen) atoms. The maximum Gasteiger partial charge on any atom is 0.386 e. The van der Waals surface area contributed by atoms with Crippen LogP contribution in [0.1, 0.15) is 94.4 Å². The molecule has 1 aliphatic carbocycles. The molecule has 0 fully saturated rings. The number of aryl methyl sites for hydroxylation is 1. The van der Waals surface area contributed by atoms with Gasteiger partial charge in [-0.3, -0.25) is 18.6 Å². The Morgan fingerprint density at radius 1 is 0.740 bits per heavy atom. The number of carbonyl (C=O) groups excluding carboxylic acids is 2. The molecule has 12 heteroatoms. The maximum absolute atomic E-state index is 14.6. The van der Waals surface area contributed by atoms with Gasteiger partial charge >= 0.3 is 27.1 Å². The molecule has 0 radical (unpaired) electrons. The summed E-state index contributed by atoms with van der Waals surface area (Å²) in [5.41, 5.74) is 3.95. The van der Waals surface area contributed by atoms with Gasteiger partial charge in [-0.25, -0.2) is 9.13 Å². The topological polar surface area (TPSA) is 124 Å². The van der Waals surface area contributed by atoms with Crippen molar-refractivity contribution in [3.63, 3.8) is 0 Å². The lowest BCUT2D eigenvalue weighted by Gasteiger charge is -2.29. The van der Waals surface area contributed by atoms with Crippen molar-refractivity contribution >= 4 is 27.1 Å². The average Bonchev–Trinajstić information content (AvgIpc) is 3.05. The predicted molar refractivity (Wildman–Crippen MR) is 192 cm³/mol. The highest BCUT2D eigenvalue weighted by Gasteiger charge is 2.35. The van der Waals surface area contributed by atoms with Gasteiger partial charge in [0.2, 0.25) is 13.6 Å². The minimum absolute atomic E-state index is 0.0949. The van der Waals surface area contributed by atoms with Gasteiger partial charge in [-0.05, 0) is 67.9 Å². The standard InChI is InChI=1S/C38H48O10P2/c1-5-6-9-20-34-23-36(47-49(41,45-27-43-30(3)39)25-32-16-10-7-11-17-32)38(35-21-14-15-29(2)22-35)37(24-34)48-50(42,46-28-44-31(4)40)26-33-18-12-8-13-19-33/h7-8,10-13,16-19,22-24,35H,5-6,9,14-15,20-21,25-28H2,1-4H3. The highest BCUT2D eigenvalue weighted by Crippen LogP contribution is 2.58. The van der Waals surface area contributed by atoms with Gasteiger partial charge < -0.3 is 18.5 Å². The zero-order chi connectivity index (χ0) is 36.0. The molecule has 3 aromatic rings. The highest BCUT2D eigenvalue weighted by atomic mass is 31.2. The Morgan fingerprint density at radius 2 is 1.24 bits per heavy atom. The van der Waals surface area contributed by atoms with E-state index in [2.05, 4.69) is 19.9 Å². The molecule has 10 nitrogen and oxygen atoms in total. The van der Waals surface area contributed by atoms with Crippen molar-refractivity contribution in [2.75, 3.05) is 13.6 Å². The van der Waals surface area contributed by atoms with Crippen molar-refractivity contribution in [2.24, 2.45) is 0 Å². The van der Waals surface area contributed by atoms with Crippen molar-refractivity contribution < 1.29 is 46.3 Å². The second-order valence-corrected chi connectivity index (χ2v) is 16.4. The lowest BCUT2D eigenvalue weighted by Crippen LogP contribution is -2.12. The monoisotopic (exact) mass is 726 g/mol. The number of rotatable bonds is 19. The molecule has 0 saturated heterocycles. The largest absolute Gasteiger partial charge is 0.438 e. The van der Waals surface area contributed by atoms with Crippen LogP contribution in [-0.4, -0.2) is 25.5 Å². The van der Waals surface area contributed by atoms with Crippen LogP contribution in [0.15, 0.2) is 84.4 Å². The quantitative estimate of drug-likeness (QED) is 0.0388. The van der Waals surface area contributed by atoms with Gasteiger partial charge in [-0.1, -0.05) is 92.1 Å².